The fraction of sp³-hybridized carbons (Fsp3) is 0.136. The normalized spacial score (nSPS) is 15.6. The maximum atomic E-state index is 12.6. The Kier molecular flexibility index (Phi) is 5.48. The summed E-state index contributed by atoms with van der Waals surface area (Å²) in [7, 11) is 1.63. The van der Waals surface area contributed by atoms with Crippen molar-refractivity contribution in [3.63, 3.8) is 0 Å². The van der Waals surface area contributed by atoms with Gasteiger partial charge in [0.25, 0.3) is 0 Å². The highest BCUT2D eigenvalue weighted by atomic mass is 32.2. The van der Waals surface area contributed by atoms with Crippen LogP contribution in [0.1, 0.15) is 17.0 Å². The van der Waals surface area contributed by atoms with E-state index in [1.807, 2.05) is 73.7 Å². The zero-order valence-electron chi connectivity index (χ0n) is 16.0. The summed E-state index contributed by atoms with van der Waals surface area (Å²) in [5, 5.41) is 4.69. The third-order valence-corrected chi connectivity index (χ3v) is 5.29. The lowest BCUT2D eigenvalue weighted by atomic mass is 10.2. The molecule has 0 unspecified atom stereocenters. The Morgan fingerprint density at radius 1 is 1.14 bits per heavy atom. The van der Waals surface area contributed by atoms with Gasteiger partial charge in [-0.1, -0.05) is 53.3 Å². The Hall–Kier alpha value is -3.32. The highest BCUT2D eigenvalue weighted by Crippen LogP contribution is 2.34. The summed E-state index contributed by atoms with van der Waals surface area (Å²) >= 11 is 1.41. The number of amides is 1. The number of hydrogen-bond acceptors (Lipinski definition) is 6. The van der Waals surface area contributed by atoms with Crippen LogP contribution in [0.5, 0.6) is 5.75 Å². The maximum Gasteiger partial charge on any atom is 0.243 e. The van der Waals surface area contributed by atoms with Crippen LogP contribution in [0.25, 0.3) is 12.2 Å². The molecule has 2 aromatic carbocycles. The highest BCUT2D eigenvalue weighted by molar-refractivity contribution is 8.15. The molecule has 7 heteroatoms. The average molecular weight is 405 g/mol. The molecule has 0 aliphatic carbocycles. The van der Waals surface area contributed by atoms with Gasteiger partial charge in [-0.3, -0.25) is 9.69 Å². The van der Waals surface area contributed by atoms with Gasteiger partial charge >= 0.3 is 0 Å². The molecule has 146 valence electrons. The van der Waals surface area contributed by atoms with Crippen molar-refractivity contribution in [1.29, 1.82) is 0 Å². The minimum absolute atomic E-state index is 0.0462. The van der Waals surface area contributed by atoms with Crippen LogP contribution in [0.4, 0.5) is 11.4 Å². The molecule has 1 aromatic heterocycles. The molecule has 0 radical (unpaired) electrons. The van der Waals surface area contributed by atoms with E-state index in [1.54, 1.807) is 12.0 Å². The van der Waals surface area contributed by atoms with Crippen molar-refractivity contribution in [2.45, 2.75) is 6.92 Å². The molecule has 0 N–H and O–H groups in total. The number of carbonyl (C=O) groups is 1. The number of rotatable bonds is 5. The van der Waals surface area contributed by atoms with Gasteiger partial charge in [-0.25, -0.2) is 4.99 Å². The number of nitrogens with zero attached hydrogens (tertiary/aromatic N) is 3. The van der Waals surface area contributed by atoms with Gasteiger partial charge in [0.15, 0.2) is 10.9 Å². The van der Waals surface area contributed by atoms with E-state index in [0.29, 0.717) is 28.1 Å². The van der Waals surface area contributed by atoms with Crippen LogP contribution in [-0.2, 0) is 4.79 Å². The number of aromatic nitrogens is 1. The molecule has 6 nitrogen and oxygen atoms in total. The number of amidine groups is 1. The fourth-order valence-corrected chi connectivity index (χ4v) is 3.80. The number of ether oxygens (including phenoxy) is 1. The predicted molar refractivity (Wildman–Crippen MR) is 117 cm³/mol. The summed E-state index contributed by atoms with van der Waals surface area (Å²) < 4.78 is 10.7. The topological polar surface area (TPSA) is 67.9 Å². The van der Waals surface area contributed by atoms with Gasteiger partial charge in [0, 0.05) is 0 Å². The highest BCUT2D eigenvalue weighted by Gasteiger charge is 2.34. The SMILES string of the molecule is COc1ccc(/C=C/c2onc(C)c2N2C(=O)CSC2=Nc2ccccc2)cc1. The first kappa shape index (κ1) is 19.0. The number of aliphatic imine (C=N–C) groups is 1. The van der Waals surface area contributed by atoms with Gasteiger partial charge in [-0.05, 0) is 42.8 Å². The number of hydrogen-bond donors (Lipinski definition) is 0. The average Bonchev–Trinajstić information content (AvgIpc) is 3.29. The number of anilines is 1. The first-order valence-electron chi connectivity index (χ1n) is 9.03. The van der Waals surface area contributed by atoms with Crippen molar-refractivity contribution < 1.29 is 14.1 Å². The van der Waals surface area contributed by atoms with E-state index >= 15 is 0 Å². The smallest absolute Gasteiger partial charge is 0.243 e. The monoisotopic (exact) mass is 405 g/mol. The number of aryl methyl sites for hydroxylation is 1. The van der Waals surface area contributed by atoms with Gasteiger partial charge < -0.3 is 9.26 Å². The van der Waals surface area contributed by atoms with Crippen molar-refractivity contribution in [2.75, 3.05) is 17.8 Å². The van der Waals surface area contributed by atoms with Crippen LogP contribution in [0, 0.1) is 6.92 Å². The Balaban J connectivity index is 1.67. The van der Waals surface area contributed by atoms with E-state index in [0.717, 1.165) is 17.0 Å². The van der Waals surface area contributed by atoms with Gasteiger partial charge in [-0.15, -0.1) is 0 Å². The van der Waals surface area contributed by atoms with Crippen molar-refractivity contribution in [3.05, 3.63) is 71.6 Å². The molecule has 1 aliphatic rings. The zero-order valence-corrected chi connectivity index (χ0v) is 16.8. The molecule has 4 rings (SSSR count). The number of carbonyl (C=O) groups excluding carboxylic acids is 1. The Morgan fingerprint density at radius 3 is 2.62 bits per heavy atom. The standard InChI is InChI=1S/C22H19N3O3S/c1-15-21(19(28-24-15)13-10-16-8-11-18(27-2)12-9-16)25-20(26)14-29-22(25)23-17-6-4-3-5-7-17/h3-13H,14H2,1-2H3/b13-10+,23-22?. The second-order valence-corrected chi connectivity index (χ2v) is 7.28. The fourth-order valence-electron chi connectivity index (χ4n) is 2.93. The predicted octanol–water partition coefficient (Wildman–Crippen LogP) is 4.93. The summed E-state index contributed by atoms with van der Waals surface area (Å²) in [4.78, 5) is 18.9. The van der Waals surface area contributed by atoms with E-state index in [9.17, 15) is 4.79 Å². The lowest BCUT2D eigenvalue weighted by Gasteiger charge is -2.15. The lowest BCUT2D eigenvalue weighted by molar-refractivity contribution is -0.115. The van der Waals surface area contributed by atoms with Crippen LogP contribution in [0.3, 0.4) is 0 Å². The van der Waals surface area contributed by atoms with Crippen LogP contribution in [0.2, 0.25) is 0 Å². The van der Waals surface area contributed by atoms with Crippen LogP contribution >= 0.6 is 11.8 Å². The van der Waals surface area contributed by atoms with Crippen LogP contribution < -0.4 is 9.64 Å². The Morgan fingerprint density at radius 2 is 1.90 bits per heavy atom. The second-order valence-electron chi connectivity index (χ2n) is 6.34. The van der Waals surface area contributed by atoms with Crippen molar-refractivity contribution in [3.8, 4) is 5.75 Å². The number of methoxy groups -OCH3 is 1. The van der Waals surface area contributed by atoms with Gasteiger partial charge in [0.1, 0.15) is 17.1 Å². The second kappa shape index (κ2) is 8.36. The maximum absolute atomic E-state index is 12.6. The molecule has 0 spiro atoms. The quantitative estimate of drug-likeness (QED) is 0.602. The summed E-state index contributed by atoms with van der Waals surface area (Å²) in [5.74, 6) is 1.59. The van der Waals surface area contributed by atoms with E-state index in [2.05, 4.69) is 10.1 Å². The van der Waals surface area contributed by atoms with E-state index < -0.39 is 0 Å². The largest absolute Gasteiger partial charge is 0.497 e. The van der Waals surface area contributed by atoms with Crippen LogP contribution in [-0.4, -0.2) is 29.1 Å². The molecule has 1 fully saturated rings. The zero-order chi connectivity index (χ0) is 20.2. The third-order valence-electron chi connectivity index (χ3n) is 4.37. The number of thioether (sulfide) groups is 1. The van der Waals surface area contributed by atoms with Crippen molar-refractivity contribution in [1.82, 2.24) is 5.16 Å². The molecule has 1 amide bonds. The first-order valence-corrected chi connectivity index (χ1v) is 10.0. The minimum Gasteiger partial charge on any atom is -0.497 e. The Labute approximate surface area is 172 Å². The molecule has 3 aromatic rings. The lowest BCUT2D eigenvalue weighted by Crippen LogP contribution is -2.30. The van der Waals surface area contributed by atoms with E-state index in [1.165, 1.54) is 11.8 Å². The first-order chi connectivity index (χ1) is 14.2. The minimum atomic E-state index is -0.0462. The van der Waals surface area contributed by atoms with Crippen LogP contribution in [0.15, 0.2) is 64.1 Å². The summed E-state index contributed by atoms with van der Waals surface area (Å²) in [6.45, 7) is 1.82. The third kappa shape index (κ3) is 4.09. The molecular weight excluding hydrogens is 386 g/mol. The van der Waals surface area contributed by atoms with Crippen molar-refractivity contribution >= 4 is 46.4 Å². The summed E-state index contributed by atoms with van der Waals surface area (Å²) in [5.41, 5.74) is 3.03. The molecule has 2 heterocycles. The van der Waals surface area contributed by atoms with Gasteiger partial charge in [-0.2, -0.15) is 0 Å². The summed E-state index contributed by atoms with van der Waals surface area (Å²) in [6, 6.07) is 17.2. The van der Waals surface area contributed by atoms with Gasteiger partial charge in [0.2, 0.25) is 5.91 Å². The molecule has 0 bridgehead atoms. The number of benzene rings is 2. The Bertz CT molecular complexity index is 1070. The molecule has 1 saturated heterocycles. The van der Waals surface area contributed by atoms with Crippen molar-refractivity contribution in [2.24, 2.45) is 4.99 Å². The van der Waals surface area contributed by atoms with E-state index in [-0.39, 0.29) is 5.91 Å². The summed E-state index contributed by atoms with van der Waals surface area (Å²) in [6.07, 6.45) is 3.72. The van der Waals surface area contributed by atoms with Gasteiger partial charge in [0.05, 0.1) is 18.6 Å². The molecule has 29 heavy (non-hydrogen) atoms. The molecule has 1 aliphatic heterocycles. The molecule has 0 saturated carbocycles. The molecule has 0 atom stereocenters. The van der Waals surface area contributed by atoms with E-state index in [4.69, 9.17) is 9.26 Å². The molecular formula is C22H19N3O3S. The number of para-hydroxylation sites is 1.